The summed E-state index contributed by atoms with van der Waals surface area (Å²) in [5.74, 6) is 0. The van der Waals surface area contributed by atoms with Crippen LogP contribution in [0.2, 0.25) is 0 Å². The average Bonchev–Trinajstić information content (AvgIpc) is 2.57. The molecule has 0 unspecified atom stereocenters. The van der Waals surface area contributed by atoms with E-state index in [0.717, 1.165) is 16.6 Å². The van der Waals surface area contributed by atoms with Crippen molar-refractivity contribution in [2.45, 2.75) is 13.5 Å². The predicted molar refractivity (Wildman–Crippen MR) is 94.3 cm³/mol. The number of hydrogen-bond donors (Lipinski definition) is 1. The summed E-state index contributed by atoms with van der Waals surface area (Å²) < 4.78 is 1.54. The number of rotatable bonds is 4. The first-order valence-electron chi connectivity index (χ1n) is 7.53. The Bertz CT molecular complexity index is 992. The highest BCUT2D eigenvalue weighted by Crippen LogP contribution is 2.22. The molecule has 0 amide bonds. The highest BCUT2D eigenvalue weighted by Gasteiger charge is 2.12. The van der Waals surface area contributed by atoms with Gasteiger partial charge in [0.25, 0.3) is 11.2 Å². The van der Waals surface area contributed by atoms with Crippen molar-refractivity contribution in [2.75, 3.05) is 5.32 Å². The summed E-state index contributed by atoms with van der Waals surface area (Å²) in [4.78, 5) is 22.8. The maximum absolute atomic E-state index is 12.2. The van der Waals surface area contributed by atoms with Gasteiger partial charge < -0.3 is 9.88 Å². The van der Waals surface area contributed by atoms with Gasteiger partial charge in [0, 0.05) is 42.5 Å². The Kier molecular flexibility index (Phi) is 4.04. The van der Waals surface area contributed by atoms with Gasteiger partial charge in [-0.1, -0.05) is 18.2 Å². The van der Waals surface area contributed by atoms with Gasteiger partial charge in [-0.15, -0.1) is 0 Å². The summed E-state index contributed by atoms with van der Waals surface area (Å²) in [6, 6.07) is 12.5. The number of fused-ring (bicyclic) bond motifs is 1. The topological polar surface area (TPSA) is 77.2 Å². The Morgan fingerprint density at radius 2 is 2.00 bits per heavy atom. The Labute approximate surface area is 138 Å². The number of aryl methyl sites for hydroxylation is 1. The van der Waals surface area contributed by atoms with Crippen molar-refractivity contribution >= 4 is 22.1 Å². The maximum Gasteiger partial charge on any atom is 0.272 e. The van der Waals surface area contributed by atoms with E-state index in [9.17, 15) is 14.9 Å². The summed E-state index contributed by atoms with van der Waals surface area (Å²) in [5, 5.41) is 15.8. The minimum Gasteiger partial charge on any atom is -0.381 e. The molecule has 24 heavy (non-hydrogen) atoms. The van der Waals surface area contributed by atoms with Gasteiger partial charge in [0.15, 0.2) is 0 Å². The minimum absolute atomic E-state index is 0.0531. The van der Waals surface area contributed by atoms with E-state index in [-0.39, 0.29) is 16.2 Å². The van der Waals surface area contributed by atoms with Crippen LogP contribution in [0, 0.1) is 17.0 Å². The first-order valence-corrected chi connectivity index (χ1v) is 7.53. The van der Waals surface area contributed by atoms with Crippen LogP contribution in [0.5, 0.6) is 0 Å². The summed E-state index contributed by atoms with van der Waals surface area (Å²) in [7, 11) is 1.72. The molecule has 0 aliphatic rings. The highest BCUT2D eigenvalue weighted by molar-refractivity contribution is 5.84. The third-order valence-electron chi connectivity index (χ3n) is 4.18. The Morgan fingerprint density at radius 1 is 1.21 bits per heavy atom. The molecule has 122 valence electrons. The van der Waals surface area contributed by atoms with Crippen molar-refractivity contribution in [1.29, 1.82) is 0 Å². The van der Waals surface area contributed by atoms with Crippen molar-refractivity contribution in [3.63, 3.8) is 0 Å². The molecule has 6 nitrogen and oxygen atoms in total. The van der Waals surface area contributed by atoms with Crippen LogP contribution in [0.4, 0.5) is 11.4 Å². The van der Waals surface area contributed by atoms with E-state index in [1.807, 2.05) is 30.3 Å². The highest BCUT2D eigenvalue weighted by atomic mass is 16.6. The van der Waals surface area contributed by atoms with Crippen LogP contribution >= 0.6 is 0 Å². The second-order valence-corrected chi connectivity index (χ2v) is 5.71. The van der Waals surface area contributed by atoms with E-state index in [0.29, 0.717) is 17.5 Å². The van der Waals surface area contributed by atoms with E-state index in [1.165, 1.54) is 10.6 Å². The van der Waals surface area contributed by atoms with Crippen LogP contribution in [0.3, 0.4) is 0 Å². The zero-order chi connectivity index (χ0) is 17.3. The summed E-state index contributed by atoms with van der Waals surface area (Å²) in [6.07, 6.45) is 1.74. The van der Waals surface area contributed by atoms with E-state index < -0.39 is 0 Å². The summed E-state index contributed by atoms with van der Waals surface area (Å²) in [6.45, 7) is 2.19. The van der Waals surface area contributed by atoms with Crippen LogP contribution in [-0.4, -0.2) is 9.49 Å². The standard InChI is InChI=1S/C18H17N3O3/c1-12-14(4-3-5-17(12)21(23)24)11-19-15-7-6-13-8-9-20(2)18(22)16(13)10-15/h3-10,19H,11H2,1-2H3. The van der Waals surface area contributed by atoms with Crippen molar-refractivity contribution < 1.29 is 4.92 Å². The molecule has 2 aromatic carbocycles. The number of aromatic nitrogens is 1. The van der Waals surface area contributed by atoms with Gasteiger partial charge in [-0.2, -0.15) is 0 Å². The molecule has 1 heterocycles. The number of nitro groups is 1. The van der Waals surface area contributed by atoms with Crippen LogP contribution in [0.25, 0.3) is 10.8 Å². The third-order valence-corrected chi connectivity index (χ3v) is 4.18. The molecule has 0 saturated carbocycles. The van der Waals surface area contributed by atoms with Crippen molar-refractivity contribution in [3.05, 3.63) is 80.3 Å². The molecular weight excluding hydrogens is 306 g/mol. The normalized spacial score (nSPS) is 10.8. The summed E-state index contributed by atoms with van der Waals surface area (Å²) >= 11 is 0. The van der Waals surface area contributed by atoms with Crippen molar-refractivity contribution in [1.82, 2.24) is 4.57 Å². The second kappa shape index (κ2) is 6.16. The van der Waals surface area contributed by atoms with Crippen LogP contribution in [0.15, 0.2) is 53.5 Å². The first-order chi connectivity index (χ1) is 11.5. The van der Waals surface area contributed by atoms with Crippen molar-refractivity contribution in [3.8, 4) is 0 Å². The molecule has 0 atom stereocenters. The quantitative estimate of drug-likeness (QED) is 0.590. The second-order valence-electron chi connectivity index (χ2n) is 5.71. The van der Waals surface area contributed by atoms with Gasteiger partial charge in [0.1, 0.15) is 0 Å². The SMILES string of the molecule is Cc1c(CNc2ccc3ccn(C)c(=O)c3c2)cccc1[N+](=O)[O-]. The molecule has 3 aromatic rings. The molecule has 1 aromatic heterocycles. The van der Waals surface area contributed by atoms with E-state index in [1.54, 1.807) is 26.2 Å². The minimum atomic E-state index is -0.376. The number of anilines is 1. The Balaban J connectivity index is 1.89. The van der Waals surface area contributed by atoms with Gasteiger partial charge in [-0.25, -0.2) is 0 Å². The molecule has 0 aliphatic carbocycles. The fourth-order valence-corrected chi connectivity index (χ4v) is 2.70. The first kappa shape index (κ1) is 15.7. The lowest BCUT2D eigenvalue weighted by Gasteiger charge is -2.10. The number of nitro benzene ring substituents is 1. The van der Waals surface area contributed by atoms with Gasteiger partial charge in [0.2, 0.25) is 0 Å². The third kappa shape index (κ3) is 2.86. The zero-order valence-electron chi connectivity index (χ0n) is 13.4. The smallest absolute Gasteiger partial charge is 0.272 e. The van der Waals surface area contributed by atoms with Crippen LogP contribution in [-0.2, 0) is 13.6 Å². The average molecular weight is 323 g/mol. The van der Waals surface area contributed by atoms with Crippen LogP contribution in [0.1, 0.15) is 11.1 Å². The van der Waals surface area contributed by atoms with Gasteiger partial charge in [0.05, 0.1) is 4.92 Å². The van der Waals surface area contributed by atoms with Crippen LogP contribution < -0.4 is 10.9 Å². The molecule has 1 N–H and O–H groups in total. The molecule has 3 rings (SSSR count). The number of nitrogens with zero attached hydrogens (tertiary/aromatic N) is 2. The van der Waals surface area contributed by atoms with E-state index in [2.05, 4.69) is 5.32 Å². The van der Waals surface area contributed by atoms with Gasteiger partial charge in [-0.05, 0) is 36.1 Å². The molecular formula is C18H17N3O3. The molecule has 0 fully saturated rings. The molecule has 0 bridgehead atoms. The number of benzene rings is 2. The molecule has 0 radical (unpaired) electrons. The number of nitrogens with one attached hydrogen (secondary N) is 1. The lowest BCUT2D eigenvalue weighted by Crippen LogP contribution is -2.15. The Hall–Kier alpha value is -3.15. The predicted octanol–water partition coefficient (Wildman–Crippen LogP) is 3.37. The fourth-order valence-electron chi connectivity index (χ4n) is 2.70. The van der Waals surface area contributed by atoms with Crippen molar-refractivity contribution in [2.24, 2.45) is 7.05 Å². The lowest BCUT2D eigenvalue weighted by atomic mass is 10.1. The van der Waals surface area contributed by atoms with Gasteiger partial charge >= 0.3 is 0 Å². The lowest BCUT2D eigenvalue weighted by molar-refractivity contribution is -0.385. The molecule has 6 heteroatoms. The molecule has 0 spiro atoms. The summed E-state index contributed by atoms with van der Waals surface area (Å²) in [5.41, 5.74) is 2.36. The number of pyridine rings is 1. The fraction of sp³-hybridized carbons (Fsp3) is 0.167. The monoisotopic (exact) mass is 323 g/mol. The van der Waals surface area contributed by atoms with E-state index >= 15 is 0 Å². The molecule has 0 saturated heterocycles. The maximum atomic E-state index is 12.2. The molecule has 0 aliphatic heterocycles. The van der Waals surface area contributed by atoms with Gasteiger partial charge in [-0.3, -0.25) is 14.9 Å². The zero-order valence-corrected chi connectivity index (χ0v) is 13.4. The Morgan fingerprint density at radius 3 is 2.75 bits per heavy atom. The number of hydrogen-bond acceptors (Lipinski definition) is 4. The van der Waals surface area contributed by atoms with E-state index in [4.69, 9.17) is 0 Å². The largest absolute Gasteiger partial charge is 0.381 e.